The SMILES string of the molecule is CS(=O)(=O)c1ccc(-c2nc(N3CCC(N)C3)n[nH]2)cc1. The van der Waals surface area contributed by atoms with Crippen LogP contribution in [0.1, 0.15) is 6.42 Å². The van der Waals surface area contributed by atoms with Crippen molar-refractivity contribution in [1.29, 1.82) is 0 Å². The number of anilines is 1. The molecule has 0 saturated carbocycles. The highest BCUT2D eigenvalue weighted by molar-refractivity contribution is 7.90. The van der Waals surface area contributed by atoms with Gasteiger partial charge in [0.05, 0.1) is 4.90 Å². The molecule has 0 radical (unpaired) electrons. The van der Waals surface area contributed by atoms with Crippen molar-refractivity contribution in [2.45, 2.75) is 17.4 Å². The third-order valence-electron chi connectivity index (χ3n) is 3.54. The summed E-state index contributed by atoms with van der Waals surface area (Å²) in [4.78, 5) is 6.77. The minimum absolute atomic E-state index is 0.168. The first-order valence-corrected chi connectivity index (χ1v) is 8.56. The van der Waals surface area contributed by atoms with Gasteiger partial charge in [-0.2, -0.15) is 4.98 Å². The molecule has 1 fully saturated rings. The van der Waals surface area contributed by atoms with E-state index in [0.29, 0.717) is 11.8 Å². The fourth-order valence-corrected chi connectivity index (χ4v) is 2.98. The summed E-state index contributed by atoms with van der Waals surface area (Å²) in [5.41, 5.74) is 6.67. The summed E-state index contributed by atoms with van der Waals surface area (Å²) in [6, 6.07) is 6.74. The lowest BCUT2D eigenvalue weighted by molar-refractivity contribution is 0.602. The Kier molecular flexibility index (Phi) is 3.42. The summed E-state index contributed by atoms with van der Waals surface area (Å²) in [5.74, 6) is 1.25. The fourth-order valence-electron chi connectivity index (χ4n) is 2.35. The number of nitrogens with zero attached hydrogens (tertiary/aromatic N) is 3. The minimum atomic E-state index is -3.18. The molecule has 0 amide bonds. The Balaban J connectivity index is 1.83. The van der Waals surface area contributed by atoms with Crippen molar-refractivity contribution >= 4 is 15.8 Å². The molecule has 112 valence electrons. The van der Waals surface area contributed by atoms with E-state index in [-0.39, 0.29) is 10.9 Å². The Morgan fingerprint density at radius 2 is 2.05 bits per heavy atom. The van der Waals surface area contributed by atoms with Gasteiger partial charge in [0.25, 0.3) is 0 Å². The van der Waals surface area contributed by atoms with Crippen LogP contribution in [0.15, 0.2) is 29.2 Å². The lowest BCUT2D eigenvalue weighted by Gasteiger charge is -2.11. The first-order valence-electron chi connectivity index (χ1n) is 6.67. The Labute approximate surface area is 123 Å². The number of hydrogen-bond acceptors (Lipinski definition) is 6. The Morgan fingerprint density at radius 1 is 1.33 bits per heavy atom. The van der Waals surface area contributed by atoms with Crippen molar-refractivity contribution < 1.29 is 8.42 Å². The molecule has 2 aromatic rings. The number of benzene rings is 1. The smallest absolute Gasteiger partial charge is 0.245 e. The topological polar surface area (TPSA) is 105 Å². The van der Waals surface area contributed by atoms with Gasteiger partial charge in [0, 0.05) is 31.0 Å². The van der Waals surface area contributed by atoms with Gasteiger partial charge in [-0.15, -0.1) is 5.10 Å². The van der Waals surface area contributed by atoms with E-state index in [4.69, 9.17) is 5.73 Å². The van der Waals surface area contributed by atoms with Gasteiger partial charge >= 0.3 is 0 Å². The molecule has 0 spiro atoms. The molecular weight excluding hydrogens is 290 g/mol. The quantitative estimate of drug-likeness (QED) is 0.851. The van der Waals surface area contributed by atoms with E-state index in [0.717, 1.165) is 25.1 Å². The van der Waals surface area contributed by atoms with E-state index in [1.165, 1.54) is 6.26 Å². The number of nitrogens with two attached hydrogens (primary N) is 1. The molecule has 1 aromatic heterocycles. The first-order chi connectivity index (χ1) is 9.93. The van der Waals surface area contributed by atoms with Crippen LogP contribution in [0.25, 0.3) is 11.4 Å². The molecule has 1 unspecified atom stereocenters. The van der Waals surface area contributed by atoms with Crippen LogP contribution in [0.5, 0.6) is 0 Å². The molecule has 1 atom stereocenters. The van der Waals surface area contributed by atoms with Crippen LogP contribution in [0.2, 0.25) is 0 Å². The molecule has 1 aliphatic heterocycles. The van der Waals surface area contributed by atoms with Crippen LogP contribution in [-0.2, 0) is 9.84 Å². The lowest BCUT2D eigenvalue weighted by atomic mass is 10.2. The molecule has 2 heterocycles. The van der Waals surface area contributed by atoms with Crippen LogP contribution in [-0.4, -0.2) is 49.0 Å². The standard InChI is InChI=1S/C13H17N5O2S/c1-21(19,20)11-4-2-9(3-5-11)12-15-13(17-16-12)18-7-6-10(14)8-18/h2-5,10H,6-8,14H2,1H3,(H,15,16,17). The van der Waals surface area contributed by atoms with Crippen molar-refractivity contribution in [2.24, 2.45) is 5.73 Å². The summed E-state index contributed by atoms with van der Waals surface area (Å²) in [6.45, 7) is 1.61. The fraction of sp³-hybridized carbons (Fsp3) is 0.385. The van der Waals surface area contributed by atoms with Gasteiger partial charge in [-0.1, -0.05) is 0 Å². The number of rotatable bonds is 3. The van der Waals surface area contributed by atoms with Crippen molar-refractivity contribution in [1.82, 2.24) is 15.2 Å². The van der Waals surface area contributed by atoms with Gasteiger partial charge in [-0.3, -0.25) is 5.10 Å². The number of H-pyrrole nitrogens is 1. The van der Waals surface area contributed by atoms with Crippen molar-refractivity contribution in [3.8, 4) is 11.4 Å². The molecular formula is C13H17N5O2S. The monoisotopic (exact) mass is 307 g/mol. The highest BCUT2D eigenvalue weighted by Crippen LogP contribution is 2.21. The number of aromatic amines is 1. The predicted molar refractivity (Wildman–Crippen MR) is 79.7 cm³/mol. The van der Waals surface area contributed by atoms with Crippen molar-refractivity contribution in [3.63, 3.8) is 0 Å². The van der Waals surface area contributed by atoms with Crippen LogP contribution in [0, 0.1) is 0 Å². The largest absolute Gasteiger partial charge is 0.338 e. The second-order valence-corrected chi connectivity index (χ2v) is 7.29. The van der Waals surface area contributed by atoms with Gasteiger partial charge < -0.3 is 10.6 Å². The number of aromatic nitrogens is 3. The predicted octanol–water partition coefficient (Wildman–Crippen LogP) is 0.413. The minimum Gasteiger partial charge on any atom is -0.338 e. The van der Waals surface area contributed by atoms with Crippen molar-refractivity contribution in [3.05, 3.63) is 24.3 Å². The van der Waals surface area contributed by atoms with E-state index in [2.05, 4.69) is 15.2 Å². The molecule has 1 saturated heterocycles. The maximum absolute atomic E-state index is 11.4. The molecule has 8 heteroatoms. The highest BCUT2D eigenvalue weighted by atomic mass is 32.2. The molecule has 0 aliphatic carbocycles. The van der Waals surface area contributed by atoms with Crippen molar-refractivity contribution in [2.75, 3.05) is 24.2 Å². The number of hydrogen-bond donors (Lipinski definition) is 2. The average molecular weight is 307 g/mol. The Bertz CT molecular complexity index is 738. The summed E-state index contributed by atoms with van der Waals surface area (Å²) >= 11 is 0. The number of nitrogens with one attached hydrogen (secondary N) is 1. The molecule has 7 nitrogen and oxygen atoms in total. The highest BCUT2D eigenvalue weighted by Gasteiger charge is 2.22. The van der Waals surface area contributed by atoms with Gasteiger partial charge in [0.15, 0.2) is 15.7 Å². The zero-order valence-electron chi connectivity index (χ0n) is 11.7. The Hall–Kier alpha value is -1.93. The molecule has 1 aromatic carbocycles. The third-order valence-corrected chi connectivity index (χ3v) is 4.67. The second kappa shape index (κ2) is 5.12. The van der Waals surface area contributed by atoms with E-state index >= 15 is 0 Å². The Morgan fingerprint density at radius 3 is 2.62 bits per heavy atom. The van der Waals surface area contributed by atoms with Gasteiger partial charge in [0.2, 0.25) is 5.95 Å². The van der Waals surface area contributed by atoms with Gasteiger partial charge in [0.1, 0.15) is 0 Å². The molecule has 3 N–H and O–H groups in total. The zero-order chi connectivity index (χ0) is 15.0. The van der Waals surface area contributed by atoms with Gasteiger partial charge in [-0.25, -0.2) is 8.42 Å². The second-order valence-electron chi connectivity index (χ2n) is 5.28. The maximum Gasteiger partial charge on any atom is 0.245 e. The summed E-state index contributed by atoms with van der Waals surface area (Å²) in [6.07, 6.45) is 2.12. The van der Waals surface area contributed by atoms with E-state index in [1.807, 2.05) is 4.90 Å². The zero-order valence-corrected chi connectivity index (χ0v) is 12.5. The van der Waals surface area contributed by atoms with Crippen LogP contribution in [0.4, 0.5) is 5.95 Å². The van der Waals surface area contributed by atoms with Crippen LogP contribution < -0.4 is 10.6 Å². The average Bonchev–Trinajstić information content (AvgIpc) is 3.06. The first kappa shape index (κ1) is 14.0. The molecule has 0 bridgehead atoms. The van der Waals surface area contributed by atoms with E-state index in [1.54, 1.807) is 24.3 Å². The van der Waals surface area contributed by atoms with Crippen LogP contribution >= 0.6 is 0 Å². The number of sulfone groups is 1. The van der Waals surface area contributed by atoms with E-state index < -0.39 is 9.84 Å². The third kappa shape index (κ3) is 2.91. The normalized spacial score (nSPS) is 19.1. The summed E-state index contributed by atoms with van der Waals surface area (Å²) in [7, 11) is -3.18. The van der Waals surface area contributed by atoms with E-state index in [9.17, 15) is 8.42 Å². The molecule has 1 aliphatic rings. The molecule has 21 heavy (non-hydrogen) atoms. The molecule has 3 rings (SSSR count). The van der Waals surface area contributed by atoms with Crippen LogP contribution in [0.3, 0.4) is 0 Å². The summed E-state index contributed by atoms with van der Waals surface area (Å²) in [5, 5.41) is 7.08. The van der Waals surface area contributed by atoms with Gasteiger partial charge in [-0.05, 0) is 30.7 Å². The maximum atomic E-state index is 11.4. The summed E-state index contributed by atoms with van der Waals surface area (Å²) < 4.78 is 22.9. The lowest BCUT2D eigenvalue weighted by Crippen LogP contribution is -2.26.